The van der Waals surface area contributed by atoms with Crippen LogP contribution in [0.5, 0.6) is 0 Å². The van der Waals surface area contributed by atoms with E-state index < -0.39 is 11.6 Å². The number of carbonyl (C=O) groups excluding carboxylic acids is 2. The molecule has 1 saturated heterocycles. The maximum Gasteiger partial charge on any atom is 0.331 e. The fourth-order valence-corrected chi connectivity index (χ4v) is 2.74. The Labute approximate surface area is 113 Å². The molecule has 0 aliphatic carbocycles. The number of hydrogen-bond donors (Lipinski definition) is 1. The average Bonchev–Trinajstić information content (AvgIpc) is 3.00. The predicted molar refractivity (Wildman–Crippen MR) is 71.9 cm³/mol. The number of amides is 3. The Bertz CT molecular complexity index is 627. The van der Waals surface area contributed by atoms with E-state index in [4.69, 9.17) is 0 Å². The molecule has 19 heavy (non-hydrogen) atoms. The Kier molecular flexibility index (Phi) is 2.60. The number of nitrogens with zero attached hydrogens (tertiary/aromatic N) is 2. The first-order chi connectivity index (χ1) is 9.13. The van der Waals surface area contributed by atoms with Crippen LogP contribution in [-0.2, 0) is 10.3 Å². The number of nitrogens with one attached hydrogen (secondary N) is 1. The van der Waals surface area contributed by atoms with Gasteiger partial charge in [0.1, 0.15) is 5.54 Å². The molecule has 3 rings (SSSR count). The average molecular weight is 273 g/mol. The van der Waals surface area contributed by atoms with Crippen molar-refractivity contribution in [2.24, 2.45) is 0 Å². The molecule has 1 aromatic carbocycles. The molecule has 0 radical (unpaired) electrons. The lowest BCUT2D eigenvalue weighted by Gasteiger charge is -2.21. The first-order valence-electron chi connectivity index (χ1n) is 5.74. The molecule has 1 unspecified atom stereocenters. The van der Waals surface area contributed by atoms with Gasteiger partial charge in [-0.3, -0.25) is 4.79 Å². The number of rotatable bonds is 2. The van der Waals surface area contributed by atoms with Crippen LogP contribution < -0.4 is 10.2 Å². The van der Waals surface area contributed by atoms with Gasteiger partial charge in [0.25, 0.3) is 5.91 Å². The minimum atomic E-state index is -1.04. The normalized spacial score (nSPS) is 22.7. The van der Waals surface area contributed by atoms with E-state index in [0.717, 1.165) is 10.5 Å². The van der Waals surface area contributed by atoms with Crippen molar-refractivity contribution in [3.63, 3.8) is 0 Å². The number of hydrogen-bond acceptors (Lipinski definition) is 4. The van der Waals surface area contributed by atoms with E-state index in [9.17, 15) is 9.59 Å². The number of imide groups is 1. The summed E-state index contributed by atoms with van der Waals surface area (Å²) in [5.74, 6) is -0.307. The third-order valence-electron chi connectivity index (χ3n) is 3.15. The molecule has 5 nitrogen and oxygen atoms in total. The summed E-state index contributed by atoms with van der Waals surface area (Å²) in [6, 6.07) is 8.75. The number of thiazole rings is 1. The Morgan fingerprint density at radius 3 is 2.63 bits per heavy atom. The van der Waals surface area contributed by atoms with E-state index in [1.165, 1.54) is 11.3 Å². The van der Waals surface area contributed by atoms with Crippen molar-refractivity contribution in [1.29, 1.82) is 0 Å². The van der Waals surface area contributed by atoms with Gasteiger partial charge in [0.15, 0.2) is 0 Å². The smallest absolute Gasteiger partial charge is 0.319 e. The molecule has 0 spiro atoms. The van der Waals surface area contributed by atoms with Gasteiger partial charge in [-0.2, -0.15) is 0 Å². The van der Waals surface area contributed by atoms with Crippen LogP contribution in [0.3, 0.4) is 0 Å². The SMILES string of the molecule is CC1(c2ccccc2)NC(=O)N(c2nccs2)C1=O. The van der Waals surface area contributed by atoms with Crippen LogP contribution in [0.15, 0.2) is 41.9 Å². The largest absolute Gasteiger partial charge is 0.331 e. The minimum Gasteiger partial charge on any atom is -0.319 e. The summed E-state index contributed by atoms with van der Waals surface area (Å²) in [4.78, 5) is 29.7. The lowest BCUT2D eigenvalue weighted by atomic mass is 9.92. The highest BCUT2D eigenvalue weighted by molar-refractivity contribution is 7.14. The highest BCUT2D eigenvalue weighted by Crippen LogP contribution is 2.32. The Hall–Kier alpha value is -2.21. The van der Waals surface area contributed by atoms with E-state index in [2.05, 4.69) is 10.3 Å². The maximum absolute atomic E-state index is 12.5. The van der Waals surface area contributed by atoms with Crippen molar-refractivity contribution in [3.8, 4) is 0 Å². The number of benzene rings is 1. The first-order valence-corrected chi connectivity index (χ1v) is 6.62. The Balaban J connectivity index is 2.03. The number of aromatic nitrogens is 1. The van der Waals surface area contributed by atoms with E-state index >= 15 is 0 Å². The lowest BCUT2D eigenvalue weighted by Crippen LogP contribution is -2.40. The second-order valence-corrected chi connectivity index (χ2v) is 5.25. The zero-order chi connectivity index (χ0) is 13.5. The zero-order valence-corrected chi connectivity index (χ0v) is 11.0. The predicted octanol–water partition coefficient (Wildman–Crippen LogP) is 2.11. The summed E-state index contributed by atoms with van der Waals surface area (Å²) >= 11 is 1.26. The summed E-state index contributed by atoms with van der Waals surface area (Å²) in [6.07, 6.45) is 1.57. The molecular weight excluding hydrogens is 262 g/mol. The highest BCUT2D eigenvalue weighted by atomic mass is 32.1. The van der Waals surface area contributed by atoms with Gasteiger partial charge in [0, 0.05) is 11.6 Å². The van der Waals surface area contributed by atoms with E-state index in [1.807, 2.05) is 30.3 Å². The Morgan fingerprint density at radius 1 is 1.26 bits per heavy atom. The number of carbonyl (C=O) groups is 2. The first kappa shape index (κ1) is 11.9. The van der Waals surface area contributed by atoms with Gasteiger partial charge >= 0.3 is 6.03 Å². The van der Waals surface area contributed by atoms with Gasteiger partial charge in [0.2, 0.25) is 5.13 Å². The molecule has 0 saturated carbocycles. The van der Waals surface area contributed by atoms with Crippen LogP contribution in [0, 0.1) is 0 Å². The standard InChI is InChI=1S/C13H11N3O2S/c1-13(9-5-3-2-4-6-9)10(17)16(11(18)15-13)12-14-7-8-19-12/h2-8H,1H3,(H,15,18). The molecule has 1 N–H and O–H groups in total. The van der Waals surface area contributed by atoms with Gasteiger partial charge in [-0.15, -0.1) is 11.3 Å². The monoisotopic (exact) mass is 273 g/mol. The molecule has 6 heteroatoms. The molecule has 1 atom stereocenters. The summed E-state index contributed by atoms with van der Waals surface area (Å²) in [6.45, 7) is 1.70. The second-order valence-electron chi connectivity index (χ2n) is 4.38. The van der Waals surface area contributed by atoms with Crippen LogP contribution in [0.4, 0.5) is 9.93 Å². The van der Waals surface area contributed by atoms with Crippen LogP contribution in [0.1, 0.15) is 12.5 Å². The summed E-state index contributed by atoms with van der Waals surface area (Å²) in [5.41, 5.74) is -0.281. The number of anilines is 1. The summed E-state index contributed by atoms with van der Waals surface area (Å²) < 4.78 is 0. The maximum atomic E-state index is 12.5. The van der Waals surface area contributed by atoms with Gasteiger partial charge in [-0.1, -0.05) is 30.3 Å². The van der Waals surface area contributed by atoms with E-state index in [0.29, 0.717) is 5.13 Å². The third kappa shape index (κ3) is 1.72. The number of urea groups is 1. The van der Waals surface area contributed by atoms with Crippen molar-refractivity contribution >= 4 is 28.4 Å². The molecule has 3 amide bonds. The van der Waals surface area contributed by atoms with Crippen molar-refractivity contribution in [2.75, 3.05) is 4.90 Å². The van der Waals surface area contributed by atoms with Crippen LogP contribution in [0.25, 0.3) is 0 Å². The van der Waals surface area contributed by atoms with Crippen molar-refractivity contribution < 1.29 is 9.59 Å². The molecule has 1 fully saturated rings. The van der Waals surface area contributed by atoms with Crippen molar-refractivity contribution in [3.05, 3.63) is 47.5 Å². The Morgan fingerprint density at radius 2 is 2.00 bits per heavy atom. The minimum absolute atomic E-state index is 0.307. The van der Waals surface area contributed by atoms with E-state index in [-0.39, 0.29) is 5.91 Å². The van der Waals surface area contributed by atoms with Crippen molar-refractivity contribution in [1.82, 2.24) is 10.3 Å². The molecular formula is C13H11N3O2S. The quantitative estimate of drug-likeness (QED) is 0.852. The van der Waals surface area contributed by atoms with Gasteiger partial charge in [-0.05, 0) is 12.5 Å². The molecule has 2 aromatic rings. The van der Waals surface area contributed by atoms with E-state index in [1.54, 1.807) is 18.5 Å². The molecule has 2 heterocycles. The molecule has 96 valence electrons. The van der Waals surface area contributed by atoms with Gasteiger partial charge in [0.05, 0.1) is 0 Å². The molecule has 1 aliphatic heterocycles. The fourth-order valence-electron chi connectivity index (χ4n) is 2.11. The van der Waals surface area contributed by atoms with Crippen LogP contribution in [-0.4, -0.2) is 16.9 Å². The second kappa shape index (κ2) is 4.17. The van der Waals surface area contributed by atoms with Gasteiger partial charge < -0.3 is 5.32 Å². The third-order valence-corrected chi connectivity index (χ3v) is 3.91. The zero-order valence-electron chi connectivity index (χ0n) is 10.2. The molecule has 1 aromatic heterocycles. The molecule has 0 bridgehead atoms. The van der Waals surface area contributed by atoms with Crippen LogP contribution >= 0.6 is 11.3 Å². The fraction of sp³-hybridized carbons (Fsp3) is 0.154. The van der Waals surface area contributed by atoms with Crippen LogP contribution in [0.2, 0.25) is 0 Å². The van der Waals surface area contributed by atoms with Gasteiger partial charge in [-0.25, -0.2) is 14.7 Å². The topological polar surface area (TPSA) is 62.3 Å². The molecule has 1 aliphatic rings. The summed E-state index contributed by atoms with van der Waals surface area (Å²) in [5, 5.41) is 4.86. The lowest BCUT2D eigenvalue weighted by molar-refractivity contribution is -0.121. The summed E-state index contributed by atoms with van der Waals surface area (Å²) in [7, 11) is 0. The highest BCUT2D eigenvalue weighted by Gasteiger charge is 2.50. The van der Waals surface area contributed by atoms with Crippen molar-refractivity contribution in [2.45, 2.75) is 12.5 Å².